The zero-order valence-corrected chi connectivity index (χ0v) is 9.29. The molecule has 0 saturated carbocycles. The molecule has 5 heteroatoms. The Labute approximate surface area is 89.6 Å². The lowest BCUT2D eigenvalue weighted by Gasteiger charge is -2.14. The van der Waals surface area contributed by atoms with Crippen LogP contribution in [-0.2, 0) is 11.2 Å². The van der Waals surface area contributed by atoms with Gasteiger partial charge in [0.15, 0.2) is 5.82 Å². The van der Waals surface area contributed by atoms with Crippen LogP contribution >= 0.6 is 0 Å². The van der Waals surface area contributed by atoms with E-state index >= 15 is 0 Å². The number of hydrogen-bond donors (Lipinski definition) is 2. The quantitative estimate of drug-likeness (QED) is 0.758. The lowest BCUT2D eigenvalue weighted by Crippen LogP contribution is -2.34. The van der Waals surface area contributed by atoms with Crippen molar-refractivity contribution in [3.63, 3.8) is 0 Å². The van der Waals surface area contributed by atoms with Crippen LogP contribution in [-0.4, -0.2) is 41.0 Å². The number of ether oxygens (including phenoxy) is 1. The Balaban J connectivity index is 2.08. The Morgan fingerprint density at radius 3 is 3.00 bits per heavy atom. The molecule has 1 fully saturated rings. The van der Waals surface area contributed by atoms with E-state index in [-0.39, 0.29) is 0 Å². The SMILES string of the molecule is CCNC1COCC1c1n[nH]c(CC)n1. The Morgan fingerprint density at radius 1 is 1.47 bits per heavy atom. The van der Waals surface area contributed by atoms with Crippen LogP contribution in [0.1, 0.15) is 31.4 Å². The van der Waals surface area contributed by atoms with E-state index in [0.29, 0.717) is 12.0 Å². The number of likely N-dealkylation sites (N-methyl/N-ethyl adjacent to an activating group) is 1. The fourth-order valence-corrected chi connectivity index (χ4v) is 1.91. The lowest BCUT2D eigenvalue weighted by molar-refractivity contribution is 0.187. The molecule has 0 spiro atoms. The molecule has 1 aliphatic rings. The van der Waals surface area contributed by atoms with E-state index in [0.717, 1.165) is 37.8 Å². The highest BCUT2D eigenvalue weighted by Gasteiger charge is 2.31. The maximum Gasteiger partial charge on any atom is 0.157 e. The van der Waals surface area contributed by atoms with Gasteiger partial charge in [0.25, 0.3) is 0 Å². The molecule has 15 heavy (non-hydrogen) atoms. The first-order valence-electron chi connectivity index (χ1n) is 5.57. The highest BCUT2D eigenvalue weighted by atomic mass is 16.5. The van der Waals surface area contributed by atoms with E-state index in [1.54, 1.807) is 0 Å². The van der Waals surface area contributed by atoms with Crippen molar-refractivity contribution >= 4 is 0 Å². The Kier molecular flexibility index (Phi) is 3.33. The average molecular weight is 210 g/mol. The third-order valence-corrected chi connectivity index (χ3v) is 2.76. The lowest BCUT2D eigenvalue weighted by atomic mass is 10.0. The second kappa shape index (κ2) is 4.72. The van der Waals surface area contributed by atoms with Gasteiger partial charge in [-0.1, -0.05) is 13.8 Å². The van der Waals surface area contributed by atoms with E-state index in [1.807, 2.05) is 0 Å². The molecule has 2 unspecified atom stereocenters. The standard InChI is InChI=1S/C10H18N4O/c1-3-9-12-10(14-13-9)7-5-15-6-8(7)11-4-2/h7-8,11H,3-6H2,1-2H3,(H,12,13,14). The van der Waals surface area contributed by atoms with Crippen LogP contribution in [0.3, 0.4) is 0 Å². The molecule has 5 nitrogen and oxygen atoms in total. The summed E-state index contributed by atoms with van der Waals surface area (Å²) < 4.78 is 5.46. The summed E-state index contributed by atoms with van der Waals surface area (Å²) in [5, 5.41) is 10.6. The Morgan fingerprint density at radius 2 is 2.33 bits per heavy atom. The highest BCUT2D eigenvalue weighted by molar-refractivity contribution is 5.05. The summed E-state index contributed by atoms with van der Waals surface area (Å²) in [7, 11) is 0. The van der Waals surface area contributed by atoms with Gasteiger partial charge in [-0.2, -0.15) is 5.10 Å². The van der Waals surface area contributed by atoms with Crippen molar-refractivity contribution in [2.45, 2.75) is 32.2 Å². The highest BCUT2D eigenvalue weighted by Crippen LogP contribution is 2.22. The molecule has 0 aromatic carbocycles. The third kappa shape index (κ3) is 2.18. The minimum atomic E-state index is 0.293. The van der Waals surface area contributed by atoms with Crippen LogP contribution in [0.15, 0.2) is 0 Å². The van der Waals surface area contributed by atoms with Crippen molar-refractivity contribution < 1.29 is 4.74 Å². The zero-order chi connectivity index (χ0) is 10.7. The second-order valence-electron chi connectivity index (χ2n) is 3.80. The van der Waals surface area contributed by atoms with Crippen LogP contribution < -0.4 is 5.32 Å². The Hall–Kier alpha value is -0.940. The summed E-state index contributed by atoms with van der Waals surface area (Å²) in [6.07, 6.45) is 0.895. The molecule has 0 radical (unpaired) electrons. The number of aryl methyl sites for hydroxylation is 1. The molecular formula is C10H18N4O. The fourth-order valence-electron chi connectivity index (χ4n) is 1.91. The summed E-state index contributed by atoms with van der Waals surface area (Å²) in [5.74, 6) is 2.13. The van der Waals surface area contributed by atoms with Crippen molar-refractivity contribution in [3.05, 3.63) is 11.6 Å². The van der Waals surface area contributed by atoms with Crippen molar-refractivity contribution in [3.8, 4) is 0 Å². The number of H-pyrrole nitrogens is 1. The van der Waals surface area contributed by atoms with Crippen LogP contribution in [0.25, 0.3) is 0 Å². The molecule has 2 N–H and O–H groups in total. The minimum absolute atomic E-state index is 0.293. The summed E-state index contributed by atoms with van der Waals surface area (Å²) in [4.78, 5) is 4.46. The number of hydrogen-bond acceptors (Lipinski definition) is 4. The van der Waals surface area contributed by atoms with Gasteiger partial charge in [0, 0.05) is 12.5 Å². The molecular weight excluding hydrogens is 192 g/mol. The van der Waals surface area contributed by atoms with Gasteiger partial charge in [0.05, 0.1) is 19.1 Å². The summed E-state index contributed by atoms with van der Waals surface area (Å²) >= 11 is 0. The van der Waals surface area contributed by atoms with Crippen molar-refractivity contribution in [2.24, 2.45) is 0 Å². The molecule has 0 bridgehead atoms. The maximum absolute atomic E-state index is 5.46. The number of rotatable bonds is 4. The molecule has 0 amide bonds. The van der Waals surface area contributed by atoms with Gasteiger partial charge < -0.3 is 10.1 Å². The monoisotopic (exact) mass is 210 g/mol. The van der Waals surface area contributed by atoms with E-state index in [1.165, 1.54) is 0 Å². The van der Waals surface area contributed by atoms with Crippen LogP contribution in [0.4, 0.5) is 0 Å². The first-order valence-corrected chi connectivity index (χ1v) is 5.57. The van der Waals surface area contributed by atoms with Crippen molar-refractivity contribution in [2.75, 3.05) is 19.8 Å². The molecule has 2 atom stereocenters. The molecule has 1 saturated heterocycles. The van der Waals surface area contributed by atoms with Crippen LogP contribution in [0.2, 0.25) is 0 Å². The number of aromatic amines is 1. The predicted molar refractivity (Wildman–Crippen MR) is 56.8 cm³/mol. The first-order chi connectivity index (χ1) is 7.35. The zero-order valence-electron chi connectivity index (χ0n) is 9.29. The third-order valence-electron chi connectivity index (χ3n) is 2.76. The smallest absolute Gasteiger partial charge is 0.157 e. The minimum Gasteiger partial charge on any atom is -0.379 e. The summed E-state index contributed by atoms with van der Waals surface area (Å²) in [5.41, 5.74) is 0. The first kappa shape index (κ1) is 10.6. The molecule has 1 aromatic heterocycles. The molecule has 2 rings (SSSR count). The summed E-state index contributed by atoms with van der Waals surface area (Å²) in [6.45, 7) is 6.60. The molecule has 2 heterocycles. The van der Waals surface area contributed by atoms with Gasteiger partial charge in [0.2, 0.25) is 0 Å². The van der Waals surface area contributed by atoms with E-state index in [2.05, 4.69) is 34.3 Å². The van der Waals surface area contributed by atoms with Gasteiger partial charge in [-0.25, -0.2) is 4.98 Å². The van der Waals surface area contributed by atoms with Gasteiger partial charge in [-0.3, -0.25) is 5.10 Å². The van der Waals surface area contributed by atoms with E-state index < -0.39 is 0 Å². The van der Waals surface area contributed by atoms with Crippen molar-refractivity contribution in [1.29, 1.82) is 0 Å². The van der Waals surface area contributed by atoms with E-state index in [9.17, 15) is 0 Å². The molecule has 84 valence electrons. The predicted octanol–water partition coefficient (Wildman–Crippen LogP) is 0.459. The van der Waals surface area contributed by atoms with Gasteiger partial charge in [-0.15, -0.1) is 0 Å². The maximum atomic E-state index is 5.46. The topological polar surface area (TPSA) is 62.8 Å². The largest absolute Gasteiger partial charge is 0.379 e. The van der Waals surface area contributed by atoms with Gasteiger partial charge in [-0.05, 0) is 6.54 Å². The number of nitrogens with zero attached hydrogens (tertiary/aromatic N) is 2. The van der Waals surface area contributed by atoms with Gasteiger partial charge in [0.1, 0.15) is 5.82 Å². The number of aromatic nitrogens is 3. The molecule has 1 aromatic rings. The normalized spacial score (nSPS) is 26.0. The van der Waals surface area contributed by atoms with E-state index in [4.69, 9.17) is 4.74 Å². The van der Waals surface area contributed by atoms with Gasteiger partial charge >= 0.3 is 0 Å². The molecule has 0 aliphatic carbocycles. The average Bonchev–Trinajstić information content (AvgIpc) is 2.85. The van der Waals surface area contributed by atoms with Crippen molar-refractivity contribution in [1.82, 2.24) is 20.5 Å². The molecule has 1 aliphatic heterocycles. The Bertz CT molecular complexity index is 312. The fraction of sp³-hybridized carbons (Fsp3) is 0.800. The summed E-state index contributed by atoms with van der Waals surface area (Å²) in [6, 6.07) is 0.357. The number of nitrogens with one attached hydrogen (secondary N) is 2. The van der Waals surface area contributed by atoms with Crippen LogP contribution in [0.5, 0.6) is 0 Å². The van der Waals surface area contributed by atoms with Crippen LogP contribution in [0, 0.1) is 0 Å². The second-order valence-corrected chi connectivity index (χ2v) is 3.80.